The minimum atomic E-state index is -4.49. The van der Waals surface area contributed by atoms with Gasteiger partial charge in [0.15, 0.2) is 0 Å². The maximum Gasteiger partial charge on any atom is 0.416 e. The smallest absolute Gasteiger partial charge is 0.416 e. The molecule has 0 aromatic heterocycles. The van der Waals surface area contributed by atoms with Crippen LogP contribution >= 0.6 is 0 Å². The molecule has 212 valence electrons. The minimum absolute atomic E-state index is 0.0187. The fourth-order valence-corrected chi connectivity index (χ4v) is 5.06. The number of methoxy groups -OCH3 is 1. The number of likely N-dealkylation sites (tertiary alicyclic amines) is 1. The summed E-state index contributed by atoms with van der Waals surface area (Å²) in [6.07, 6.45) is -1.60. The van der Waals surface area contributed by atoms with Gasteiger partial charge in [0.2, 0.25) is 5.91 Å². The van der Waals surface area contributed by atoms with Gasteiger partial charge in [0, 0.05) is 31.7 Å². The highest BCUT2D eigenvalue weighted by Crippen LogP contribution is 2.58. The molecule has 1 aliphatic carbocycles. The Morgan fingerprint density at radius 2 is 1.74 bits per heavy atom. The van der Waals surface area contributed by atoms with E-state index in [0.29, 0.717) is 32.2 Å². The Morgan fingerprint density at radius 3 is 2.36 bits per heavy atom. The summed E-state index contributed by atoms with van der Waals surface area (Å²) in [5.74, 6) is 0.468. The normalized spacial score (nSPS) is 21.5. The molecule has 1 saturated carbocycles. The highest BCUT2D eigenvalue weighted by atomic mass is 19.4. The Labute approximate surface area is 227 Å². The van der Waals surface area contributed by atoms with Crippen molar-refractivity contribution in [3.63, 3.8) is 0 Å². The number of nitrogens with one attached hydrogen (secondary N) is 2. The molecule has 0 radical (unpaired) electrons. The molecule has 2 aliphatic rings. The first-order valence-corrected chi connectivity index (χ1v) is 13.3. The van der Waals surface area contributed by atoms with E-state index in [1.807, 2.05) is 12.1 Å². The number of ether oxygens (including phenoxy) is 2. The number of halogens is 3. The summed E-state index contributed by atoms with van der Waals surface area (Å²) in [5.41, 5.74) is 0.671. The summed E-state index contributed by atoms with van der Waals surface area (Å²) in [5, 5.41) is 6.09. The van der Waals surface area contributed by atoms with Crippen LogP contribution in [0.3, 0.4) is 0 Å². The quantitative estimate of drug-likeness (QED) is 0.389. The van der Waals surface area contributed by atoms with E-state index in [1.165, 1.54) is 5.56 Å². The van der Waals surface area contributed by atoms with E-state index in [0.717, 1.165) is 55.8 Å². The molecular formula is C29H36F3N3O4. The molecule has 0 spiro atoms. The molecule has 0 bridgehead atoms. The zero-order valence-electron chi connectivity index (χ0n) is 22.4. The van der Waals surface area contributed by atoms with Crippen LogP contribution < -0.4 is 15.4 Å². The van der Waals surface area contributed by atoms with Crippen LogP contribution in [-0.4, -0.2) is 69.3 Å². The van der Waals surface area contributed by atoms with Gasteiger partial charge in [0.1, 0.15) is 11.8 Å². The number of carbonyl (C=O) groups is 2. The molecule has 10 heteroatoms. The molecule has 2 aromatic carbocycles. The van der Waals surface area contributed by atoms with E-state index >= 15 is 0 Å². The lowest BCUT2D eigenvalue weighted by Crippen LogP contribution is -2.50. The lowest BCUT2D eigenvalue weighted by Gasteiger charge is -2.24. The Balaban J connectivity index is 1.24. The van der Waals surface area contributed by atoms with Crippen molar-refractivity contribution >= 4 is 11.8 Å². The van der Waals surface area contributed by atoms with Crippen LogP contribution in [0.4, 0.5) is 13.2 Å². The Morgan fingerprint density at radius 1 is 1.08 bits per heavy atom. The number of carbonyl (C=O) groups excluding carboxylic acids is 2. The molecule has 7 nitrogen and oxygen atoms in total. The zero-order valence-corrected chi connectivity index (χ0v) is 22.4. The van der Waals surface area contributed by atoms with Gasteiger partial charge in [-0.15, -0.1) is 0 Å². The van der Waals surface area contributed by atoms with E-state index in [1.54, 1.807) is 12.0 Å². The van der Waals surface area contributed by atoms with Gasteiger partial charge in [-0.2, -0.15) is 13.2 Å². The number of nitrogens with zero attached hydrogens (tertiary/aromatic N) is 1. The van der Waals surface area contributed by atoms with Crippen molar-refractivity contribution in [2.75, 3.05) is 46.5 Å². The first-order chi connectivity index (χ1) is 18.6. The molecule has 1 aliphatic heterocycles. The van der Waals surface area contributed by atoms with Crippen LogP contribution in [0.1, 0.15) is 53.6 Å². The number of rotatable bonds is 12. The molecule has 39 heavy (non-hydrogen) atoms. The molecule has 3 atom stereocenters. The minimum Gasteiger partial charge on any atom is -0.497 e. The number of alkyl halides is 3. The van der Waals surface area contributed by atoms with Crippen molar-refractivity contribution in [1.82, 2.24) is 15.5 Å². The summed E-state index contributed by atoms with van der Waals surface area (Å²) >= 11 is 0. The molecule has 2 aromatic rings. The lowest BCUT2D eigenvalue weighted by molar-refractivity contribution is -0.137. The zero-order chi connectivity index (χ0) is 28.0. The standard InChI is InChI=1S/C29H36F3N3O4/c1-28(17-24(28)20-7-11-23(38-2)12-8-20)19-33-13-16-39-18-25(27(37)35-14-3-4-15-35)34-26(36)21-5-9-22(10-6-21)29(30,31)32/h5-12,24-25,33H,3-4,13-19H2,1-2H3,(H,34,36)/t24-,25-,28?/m0/s1. The molecule has 1 heterocycles. The highest BCUT2D eigenvalue weighted by Gasteiger charge is 2.50. The van der Waals surface area contributed by atoms with Gasteiger partial charge in [0.25, 0.3) is 5.91 Å². The second kappa shape index (κ2) is 12.4. The molecule has 1 saturated heterocycles. The largest absolute Gasteiger partial charge is 0.497 e. The van der Waals surface area contributed by atoms with Crippen molar-refractivity contribution in [3.05, 3.63) is 65.2 Å². The van der Waals surface area contributed by atoms with Crippen LogP contribution in [0.5, 0.6) is 5.75 Å². The maximum absolute atomic E-state index is 13.0. The third-order valence-electron chi connectivity index (χ3n) is 7.60. The number of amides is 2. The van der Waals surface area contributed by atoms with Crippen LogP contribution in [0.15, 0.2) is 48.5 Å². The average Bonchev–Trinajstić information content (AvgIpc) is 3.31. The van der Waals surface area contributed by atoms with Crippen LogP contribution in [0.2, 0.25) is 0 Å². The van der Waals surface area contributed by atoms with Gasteiger partial charge in [-0.1, -0.05) is 19.1 Å². The van der Waals surface area contributed by atoms with Crippen LogP contribution in [-0.2, 0) is 15.7 Å². The highest BCUT2D eigenvalue weighted by molar-refractivity contribution is 5.97. The third-order valence-corrected chi connectivity index (χ3v) is 7.60. The van der Waals surface area contributed by atoms with E-state index in [-0.39, 0.29) is 23.5 Å². The first-order valence-electron chi connectivity index (χ1n) is 13.3. The van der Waals surface area contributed by atoms with Gasteiger partial charge in [-0.05, 0) is 72.6 Å². The molecule has 2 amide bonds. The predicted octanol–water partition coefficient (Wildman–Crippen LogP) is 4.23. The van der Waals surface area contributed by atoms with Gasteiger partial charge >= 0.3 is 6.18 Å². The Kier molecular flexibility index (Phi) is 9.17. The van der Waals surface area contributed by atoms with Crippen molar-refractivity contribution in [1.29, 1.82) is 0 Å². The van der Waals surface area contributed by atoms with Gasteiger partial charge in [-0.25, -0.2) is 0 Å². The van der Waals surface area contributed by atoms with E-state index in [9.17, 15) is 22.8 Å². The number of hydrogen-bond donors (Lipinski definition) is 2. The second-order valence-electron chi connectivity index (χ2n) is 10.6. The van der Waals surface area contributed by atoms with Gasteiger partial charge in [0.05, 0.1) is 25.9 Å². The number of hydrogen-bond acceptors (Lipinski definition) is 5. The molecule has 1 unspecified atom stereocenters. The van der Waals surface area contributed by atoms with Crippen molar-refractivity contribution in [3.8, 4) is 5.75 Å². The summed E-state index contributed by atoms with van der Waals surface area (Å²) in [7, 11) is 1.65. The summed E-state index contributed by atoms with van der Waals surface area (Å²) in [6, 6.07) is 11.2. The van der Waals surface area contributed by atoms with E-state index in [4.69, 9.17) is 9.47 Å². The monoisotopic (exact) mass is 547 g/mol. The molecular weight excluding hydrogens is 511 g/mol. The van der Waals surface area contributed by atoms with Gasteiger partial charge < -0.3 is 25.0 Å². The fourth-order valence-electron chi connectivity index (χ4n) is 5.06. The van der Waals surface area contributed by atoms with Crippen molar-refractivity contribution < 1.29 is 32.2 Å². The van der Waals surface area contributed by atoms with Crippen LogP contribution in [0, 0.1) is 5.41 Å². The topological polar surface area (TPSA) is 79.9 Å². The second-order valence-corrected chi connectivity index (χ2v) is 10.6. The Bertz CT molecular complexity index is 1120. The Hall–Kier alpha value is -3.11. The third kappa shape index (κ3) is 7.51. The van der Waals surface area contributed by atoms with Crippen molar-refractivity contribution in [2.24, 2.45) is 5.41 Å². The first kappa shape index (κ1) is 28.9. The maximum atomic E-state index is 13.0. The lowest BCUT2D eigenvalue weighted by atomic mass is 10.0. The average molecular weight is 548 g/mol. The summed E-state index contributed by atoms with van der Waals surface area (Å²) in [6.45, 7) is 5.22. The predicted molar refractivity (Wildman–Crippen MR) is 141 cm³/mol. The molecule has 2 N–H and O–H groups in total. The van der Waals surface area contributed by atoms with Crippen molar-refractivity contribution in [2.45, 2.75) is 44.3 Å². The fraction of sp³-hybridized carbons (Fsp3) is 0.517. The summed E-state index contributed by atoms with van der Waals surface area (Å²) in [4.78, 5) is 27.4. The summed E-state index contributed by atoms with van der Waals surface area (Å²) < 4.78 is 49.5. The van der Waals surface area contributed by atoms with E-state index in [2.05, 4.69) is 29.7 Å². The van der Waals surface area contributed by atoms with Gasteiger partial charge in [-0.3, -0.25) is 9.59 Å². The SMILES string of the molecule is COc1ccc([C@@H]2CC2(C)CNCCOC[C@H](NC(=O)c2ccc(C(F)(F)F)cc2)C(=O)N2CCCC2)cc1. The van der Waals surface area contributed by atoms with E-state index < -0.39 is 23.7 Å². The molecule has 2 fully saturated rings. The number of benzene rings is 2. The van der Waals surface area contributed by atoms with Crippen LogP contribution in [0.25, 0.3) is 0 Å². The molecule has 4 rings (SSSR count).